The Morgan fingerprint density at radius 1 is 0.628 bits per heavy atom. The average molecular weight is 607 g/mol. The Morgan fingerprint density at radius 2 is 1.19 bits per heavy atom. The lowest BCUT2D eigenvalue weighted by molar-refractivity contribution is -0.152. The van der Waals surface area contributed by atoms with Crippen molar-refractivity contribution in [2.45, 2.75) is 168 Å². The molecule has 0 aliphatic heterocycles. The first kappa shape index (κ1) is 41.1. The summed E-state index contributed by atoms with van der Waals surface area (Å²) in [4.78, 5) is 23.8. The van der Waals surface area contributed by atoms with E-state index in [4.69, 9.17) is 9.47 Å². The van der Waals surface area contributed by atoms with Crippen molar-refractivity contribution in [1.82, 2.24) is 0 Å². The maximum absolute atomic E-state index is 11.9. The third-order valence-electron chi connectivity index (χ3n) is 7.41. The number of allylic oxidation sites excluding steroid dienone is 5. The van der Waals surface area contributed by atoms with Gasteiger partial charge in [-0.1, -0.05) is 141 Å². The summed E-state index contributed by atoms with van der Waals surface area (Å²) in [5, 5.41) is 20.0. The molecule has 2 N–H and O–H groups in total. The topological polar surface area (TPSA) is 93.1 Å². The number of hydrogen-bond acceptors (Lipinski definition) is 6. The first-order valence-corrected chi connectivity index (χ1v) is 17.5. The normalized spacial score (nSPS) is 13.4. The summed E-state index contributed by atoms with van der Waals surface area (Å²) in [6, 6.07) is 0. The Kier molecular flexibility index (Phi) is 30.1. The number of unbranched alkanes of at least 4 members (excludes halogenated alkanes) is 13. The highest BCUT2D eigenvalue weighted by Gasteiger charge is 2.12. The first-order valence-electron chi connectivity index (χ1n) is 17.5. The fourth-order valence-electron chi connectivity index (χ4n) is 4.69. The zero-order valence-electron chi connectivity index (χ0n) is 28.0. The zero-order valence-corrected chi connectivity index (χ0v) is 28.0. The maximum atomic E-state index is 11.9. The molecule has 0 amide bonds. The van der Waals surface area contributed by atoms with E-state index >= 15 is 0 Å². The molecule has 43 heavy (non-hydrogen) atoms. The van der Waals surface area contributed by atoms with Crippen LogP contribution < -0.4 is 0 Å². The molecule has 0 rings (SSSR count). The number of ether oxygens (including phenoxy) is 2. The lowest BCUT2D eigenvalue weighted by Gasteiger charge is -2.12. The lowest BCUT2D eigenvalue weighted by atomic mass is 10.0. The number of carbonyl (C=O) groups is 2. The van der Waals surface area contributed by atoms with Crippen LogP contribution in [0.4, 0.5) is 0 Å². The van der Waals surface area contributed by atoms with Crippen LogP contribution >= 0.6 is 0 Å². The number of esters is 2. The fraction of sp³-hybridized carbons (Fsp3) is 0.784. The minimum Gasteiger partial charge on any atom is -0.463 e. The van der Waals surface area contributed by atoms with Crippen molar-refractivity contribution in [2.75, 3.05) is 13.2 Å². The van der Waals surface area contributed by atoms with Crippen LogP contribution in [0.25, 0.3) is 0 Å². The van der Waals surface area contributed by atoms with E-state index in [1.54, 1.807) is 6.08 Å². The second-order valence-corrected chi connectivity index (χ2v) is 12.3. The number of aliphatic hydroxyl groups excluding tert-OH is 2. The van der Waals surface area contributed by atoms with E-state index in [-0.39, 0.29) is 25.6 Å². The van der Waals surface area contributed by atoms with Crippen molar-refractivity contribution < 1.29 is 29.3 Å². The molecule has 0 saturated carbocycles. The van der Waals surface area contributed by atoms with Gasteiger partial charge in [0.15, 0.2) is 0 Å². The van der Waals surface area contributed by atoms with Gasteiger partial charge in [-0.15, -0.1) is 0 Å². The molecule has 0 aliphatic rings. The molecule has 6 heteroatoms. The smallest absolute Gasteiger partial charge is 0.305 e. The quantitative estimate of drug-likeness (QED) is 0.0366. The van der Waals surface area contributed by atoms with Crippen molar-refractivity contribution in [2.24, 2.45) is 5.92 Å². The number of aliphatic hydroxyl groups is 2. The van der Waals surface area contributed by atoms with Crippen LogP contribution in [0.5, 0.6) is 0 Å². The molecule has 0 aliphatic carbocycles. The van der Waals surface area contributed by atoms with Gasteiger partial charge < -0.3 is 19.7 Å². The van der Waals surface area contributed by atoms with Gasteiger partial charge in [0.05, 0.1) is 6.10 Å². The molecule has 0 saturated heterocycles. The summed E-state index contributed by atoms with van der Waals surface area (Å²) in [5.41, 5.74) is 0. The van der Waals surface area contributed by atoms with Crippen molar-refractivity contribution in [3.63, 3.8) is 0 Å². The Balaban J connectivity index is 3.67. The molecule has 0 spiro atoms. The maximum Gasteiger partial charge on any atom is 0.305 e. The van der Waals surface area contributed by atoms with Crippen LogP contribution in [-0.2, 0) is 19.1 Å². The first-order chi connectivity index (χ1) is 20.8. The highest BCUT2D eigenvalue weighted by Crippen LogP contribution is 2.13. The third kappa shape index (κ3) is 32.8. The summed E-state index contributed by atoms with van der Waals surface area (Å²) >= 11 is 0. The SMILES string of the molecule is CCCCCCCC/C=C/C/C=C/C=C/C(O)CCCC(=O)OC[C@@H](O)COC(=O)CCCCCCCCCCC(C)C. The Morgan fingerprint density at radius 3 is 1.81 bits per heavy atom. The standard InChI is InChI=1S/C37H66O6/c1-4-5-6-7-8-9-10-11-12-13-17-20-23-27-34(38)28-25-30-37(41)43-32-35(39)31-42-36(40)29-24-21-18-15-14-16-19-22-26-33(2)3/h11-12,17,20,23,27,33-35,38-39H,4-10,13-16,18-19,21-22,24-26,28-32H2,1-3H3/b12-11+,20-17+,27-23+/t34?,35-/m0/s1. The zero-order chi connectivity index (χ0) is 31.8. The van der Waals surface area contributed by atoms with E-state index in [0.29, 0.717) is 19.3 Å². The Labute approximate surface area is 264 Å². The molecular weight excluding hydrogens is 540 g/mol. The second-order valence-electron chi connectivity index (χ2n) is 12.3. The summed E-state index contributed by atoms with van der Waals surface area (Å²) in [6.45, 7) is 6.41. The van der Waals surface area contributed by atoms with E-state index < -0.39 is 18.2 Å². The van der Waals surface area contributed by atoms with Gasteiger partial charge >= 0.3 is 11.9 Å². The van der Waals surface area contributed by atoms with Crippen LogP contribution in [-0.4, -0.2) is 47.6 Å². The summed E-state index contributed by atoms with van der Waals surface area (Å²) in [7, 11) is 0. The van der Waals surface area contributed by atoms with Crippen molar-refractivity contribution >= 4 is 11.9 Å². The average Bonchev–Trinajstić information content (AvgIpc) is 2.98. The van der Waals surface area contributed by atoms with Gasteiger partial charge in [-0.3, -0.25) is 9.59 Å². The number of carbonyl (C=O) groups excluding carboxylic acids is 2. The Hall–Kier alpha value is -1.92. The molecule has 0 aromatic carbocycles. The monoisotopic (exact) mass is 606 g/mol. The molecule has 6 nitrogen and oxygen atoms in total. The fourth-order valence-corrected chi connectivity index (χ4v) is 4.69. The molecule has 0 heterocycles. The van der Waals surface area contributed by atoms with Crippen LogP contribution in [0.15, 0.2) is 36.5 Å². The van der Waals surface area contributed by atoms with Gasteiger partial charge in [-0.05, 0) is 44.4 Å². The highest BCUT2D eigenvalue weighted by atomic mass is 16.6. The molecule has 1 unspecified atom stereocenters. The molecule has 0 fully saturated rings. The van der Waals surface area contributed by atoms with Crippen molar-refractivity contribution in [3.8, 4) is 0 Å². The predicted octanol–water partition coefficient (Wildman–Crippen LogP) is 9.33. The van der Waals surface area contributed by atoms with E-state index in [1.165, 1.54) is 77.0 Å². The molecule has 0 radical (unpaired) electrons. The molecule has 250 valence electrons. The van der Waals surface area contributed by atoms with Crippen LogP contribution in [0.1, 0.15) is 156 Å². The molecular formula is C37H66O6. The highest BCUT2D eigenvalue weighted by molar-refractivity contribution is 5.69. The van der Waals surface area contributed by atoms with Gasteiger partial charge in [-0.2, -0.15) is 0 Å². The van der Waals surface area contributed by atoms with Crippen LogP contribution in [0.2, 0.25) is 0 Å². The lowest BCUT2D eigenvalue weighted by Crippen LogP contribution is -2.25. The number of rotatable bonds is 30. The third-order valence-corrected chi connectivity index (χ3v) is 7.41. The minimum absolute atomic E-state index is 0.161. The number of hydrogen-bond donors (Lipinski definition) is 2. The van der Waals surface area contributed by atoms with E-state index in [2.05, 4.69) is 39.0 Å². The van der Waals surface area contributed by atoms with E-state index in [9.17, 15) is 19.8 Å². The molecule has 0 bridgehead atoms. The summed E-state index contributed by atoms with van der Waals surface area (Å²) < 4.78 is 10.2. The van der Waals surface area contributed by atoms with Gasteiger partial charge in [0.1, 0.15) is 19.3 Å². The summed E-state index contributed by atoms with van der Waals surface area (Å²) in [6.07, 6.45) is 32.4. The molecule has 0 aromatic heterocycles. The van der Waals surface area contributed by atoms with Gasteiger partial charge in [0, 0.05) is 12.8 Å². The van der Waals surface area contributed by atoms with Gasteiger partial charge in [0.25, 0.3) is 0 Å². The molecule has 0 aromatic rings. The van der Waals surface area contributed by atoms with Gasteiger partial charge in [0.2, 0.25) is 0 Å². The summed E-state index contributed by atoms with van der Waals surface area (Å²) in [5.74, 6) is 0.0372. The van der Waals surface area contributed by atoms with Crippen LogP contribution in [0.3, 0.4) is 0 Å². The minimum atomic E-state index is -1.03. The largest absolute Gasteiger partial charge is 0.463 e. The van der Waals surface area contributed by atoms with E-state index in [0.717, 1.165) is 38.0 Å². The van der Waals surface area contributed by atoms with Crippen molar-refractivity contribution in [1.29, 1.82) is 0 Å². The Bertz CT molecular complexity index is 727. The van der Waals surface area contributed by atoms with Crippen LogP contribution in [0, 0.1) is 5.92 Å². The van der Waals surface area contributed by atoms with Gasteiger partial charge in [-0.25, -0.2) is 0 Å². The van der Waals surface area contributed by atoms with Crippen molar-refractivity contribution in [3.05, 3.63) is 36.5 Å². The molecule has 2 atom stereocenters. The predicted molar refractivity (Wildman–Crippen MR) is 179 cm³/mol. The second kappa shape index (κ2) is 31.5. The van der Waals surface area contributed by atoms with E-state index in [1.807, 2.05) is 12.2 Å².